The summed E-state index contributed by atoms with van der Waals surface area (Å²) < 4.78 is 0. The second-order valence-corrected chi connectivity index (χ2v) is 0.492. The molecule has 0 unspecified atom stereocenters. The first-order chi connectivity index (χ1) is 2.41. The molecule has 6 heavy (non-hydrogen) atoms. The van der Waals surface area contributed by atoms with E-state index >= 15 is 0 Å². The van der Waals surface area contributed by atoms with Gasteiger partial charge in [0, 0.05) is 0 Å². The van der Waals surface area contributed by atoms with Gasteiger partial charge in [0.2, 0.25) is 0 Å². The molecule has 0 aromatic heterocycles. The van der Waals surface area contributed by atoms with E-state index in [9.17, 15) is 0 Å². The number of hydrogen-bond donors (Lipinski definition) is 0. The van der Waals surface area contributed by atoms with Crippen molar-refractivity contribution in [3.8, 4) is 0 Å². The van der Waals surface area contributed by atoms with Crippen molar-refractivity contribution in [1.82, 2.24) is 0 Å². The molecular formula is C2H7NO3. The van der Waals surface area contributed by atoms with Crippen molar-refractivity contribution >= 4 is 0 Å². The molecule has 0 amide bonds. The Balaban J connectivity index is 0. The smallest absolute Gasteiger partial charge is 0.155 e. The van der Waals surface area contributed by atoms with E-state index in [1.54, 1.807) is 6.92 Å². The Hall–Kier alpha value is -0.640. The second-order valence-electron chi connectivity index (χ2n) is 0.492. The average Bonchev–Trinajstić information content (AvgIpc) is 1.41. The van der Waals surface area contributed by atoms with Crippen LogP contribution in [0.25, 0.3) is 0 Å². The van der Waals surface area contributed by atoms with Gasteiger partial charge in [0.05, 0.1) is 0 Å². The van der Waals surface area contributed by atoms with Gasteiger partial charge in [-0.05, 0) is 6.92 Å². The summed E-state index contributed by atoms with van der Waals surface area (Å²) in [6.07, 6.45) is 0. The maximum Gasteiger partial charge on any atom is 0.155 e. The Bertz CT molecular complexity index is 30.0. The largest absolute Gasteiger partial charge is 0.412 e. The molecule has 4 nitrogen and oxygen atoms in total. The molecule has 0 spiro atoms. The van der Waals surface area contributed by atoms with Crippen LogP contribution in [0.15, 0.2) is 5.34 Å². The van der Waals surface area contributed by atoms with Crippen LogP contribution >= 0.6 is 0 Å². The molecule has 0 aliphatic rings. The first kappa shape index (κ1) is 9.03. The molecule has 0 saturated heterocycles. The summed E-state index contributed by atoms with van der Waals surface area (Å²) in [5.41, 5.74) is 0. The fourth-order valence-corrected chi connectivity index (χ4v) is 0.0527. The highest BCUT2D eigenvalue weighted by Gasteiger charge is 1.62. The molecule has 0 saturated carbocycles. The van der Waals surface area contributed by atoms with Crippen molar-refractivity contribution in [1.29, 1.82) is 0 Å². The highest BCUT2D eigenvalue weighted by molar-refractivity contribution is 4.01. The van der Waals surface area contributed by atoms with E-state index in [4.69, 9.17) is 4.91 Å². The second kappa shape index (κ2) is 8.84. The van der Waals surface area contributed by atoms with E-state index in [0.717, 1.165) is 0 Å². The molecule has 0 bridgehead atoms. The third-order valence-electron chi connectivity index (χ3n) is 0.182. The lowest BCUT2D eigenvalue weighted by Crippen LogP contribution is -1.71. The van der Waals surface area contributed by atoms with Crippen LogP contribution in [0.5, 0.6) is 0 Å². The Morgan fingerprint density at radius 3 is 2.33 bits per heavy atom. The predicted octanol–water partition coefficient (Wildman–Crippen LogP) is -0.120. The van der Waals surface area contributed by atoms with Crippen LogP contribution in [0.1, 0.15) is 6.92 Å². The normalized spacial score (nSPS) is 5.50. The van der Waals surface area contributed by atoms with Gasteiger partial charge in [0.25, 0.3) is 0 Å². The molecule has 0 heterocycles. The van der Waals surface area contributed by atoms with Crippen molar-refractivity contribution in [2.75, 3.05) is 6.61 Å². The SMILES string of the molecule is CCON=O.O. The Labute approximate surface area is 35.3 Å². The molecule has 0 fully saturated rings. The monoisotopic (exact) mass is 93.0 g/mol. The van der Waals surface area contributed by atoms with Gasteiger partial charge >= 0.3 is 0 Å². The van der Waals surface area contributed by atoms with Crippen molar-refractivity contribution in [3.63, 3.8) is 0 Å². The Morgan fingerprint density at radius 2 is 2.33 bits per heavy atom. The minimum absolute atomic E-state index is 0. The minimum atomic E-state index is 0. The predicted molar refractivity (Wildman–Crippen MR) is 21.0 cm³/mol. The third-order valence-corrected chi connectivity index (χ3v) is 0.182. The van der Waals surface area contributed by atoms with E-state index in [2.05, 4.69) is 10.2 Å². The van der Waals surface area contributed by atoms with Crippen LogP contribution in [-0.2, 0) is 4.84 Å². The van der Waals surface area contributed by atoms with Gasteiger partial charge in [-0.25, -0.2) is 0 Å². The first-order valence-corrected chi connectivity index (χ1v) is 1.36. The molecule has 0 aromatic carbocycles. The zero-order valence-electron chi connectivity index (χ0n) is 3.47. The molecule has 0 atom stereocenters. The Kier molecular flexibility index (Phi) is 13.3. The Morgan fingerprint density at radius 1 is 1.83 bits per heavy atom. The molecule has 4 heteroatoms. The average molecular weight is 93.1 g/mol. The third kappa shape index (κ3) is 10.1. The summed E-state index contributed by atoms with van der Waals surface area (Å²) in [4.78, 5) is 12.8. The minimum Gasteiger partial charge on any atom is -0.412 e. The molecular weight excluding hydrogens is 86.0 g/mol. The molecule has 0 aliphatic heterocycles. The summed E-state index contributed by atoms with van der Waals surface area (Å²) in [6, 6.07) is 0. The quantitative estimate of drug-likeness (QED) is 0.352. The van der Waals surface area contributed by atoms with Crippen LogP contribution in [-0.4, -0.2) is 12.1 Å². The maximum atomic E-state index is 8.93. The summed E-state index contributed by atoms with van der Waals surface area (Å²) in [5, 5.41) is 2.10. The molecule has 0 rings (SSSR count). The van der Waals surface area contributed by atoms with E-state index in [1.165, 1.54) is 0 Å². The highest BCUT2D eigenvalue weighted by atomic mass is 16.7. The van der Waals surface area contributed by atoms with E-state index in [0.29, 0.717) is 6.61 Å². The van der Waals surface area contributed by atoms with Gasteiger partial charge in [0.15, 0.2) is 5.34 Å². The molecule has 38 valence electrons. The zero-order chi connectivity index (χ0) is 4.12. The number of hydrogen-bond acceptors (Lipinski definition) is 3. The summed E-state index contributed by atoms with van der Waals surface area (Å²) in [7, 11) is 0. The molecule has 0 radical (unpaired) electrons. The van der Waals surface area contributed by atoms with Crippen LogP contribution in [0.2, 0.25) is 0 Å². The molecule has 2 N–H and O–H groups in total. The van der Waals surface area contributed by atoms with Crippen LogP contribution in [0.4, 0.5) is 0 Å². The lowest BCUT2D eigenvalue weighted by atomic mass is 10.9. The summed E-state index contributed by atoms with van der Waals surface area (Å²) in [6.45, 7) is 2.06. The fraction of sp³-hybridized carbons (Fsp3) is 1.00. The summed E-state index contributed by atoms with van der Waals surface area (Å²) >= 11 is 0. The van der Waals surface area contributed by atoms with E-state index in [1.807, 2.05) is 0 Å². The van der Waals surface area contributed by atoms with E-state index in [-0.39, 0.29) is 5.48 Å². The highest BCUT2D eigenvalue weighted by Crippen LogP contribution is 1.65. The van der Waals surface area contributed by atoms with Gasteiger partial charge in [-0.1, -0.05) is 0 Å². The van der Waals surface area contributed by atoms with Crippen molar-refractivity contribution < 1.29 is 10.3 Å². The van der Waals surface area contributed by atoms with Gasteiger partial charge in [-0.15, -0.1) is 4.91 Å². The topological polar surface area (TPSA) is 70.2 Å². The fourth-order valence-electron chi connectivity index (χ4n) is 0.0527. The molecule has 0 aliphatic carbocycles. The number of rotatable bonds is 2. The van der Waals surface area contributed by atoms with Crippen molar-refractivity contribution in [2.24, 2.45) is 5.34 Å². The van der Waals surface area contributed by atoms with Crippen LogP contribution in [0.3, 0.4) is 0 Å². The van der Waals surface area contributed by atoms with Gasteiger partial charge in [-0.2, -0.15) is 0 Å². The maximum absolute atomic E-state index is 8.93. The lowest BCUT2D eigenvalue weighted by Gasteiger charge is -1.76. The van der Waals surface area contributed by atoms with Gasteiger partial charge in [0.1, 0.15) is 6.61 Å². The van der Waals surface area contributed by atoms with Gasteiger partial charge < -0.3 is 10.3 Å². The first-order valence-electron chi connectivity index (χ1n) is 1.36. The van der Waals surface area contributed by atoms with Crippen LogP contribution < -0.4 is 0 Å². The lowest BCUT2D eigenvalue weighted by molar-refractivity contribution is 0.154. The summed E-state index contributed by atoms with van der Waals surface area (Å²) in [5.74, 6) is 0. The van der Waals surface area contributed by atoms with E-state index < -0.39 is 0 Å². The van der Waals surface area contributed by atoms with Crippen LogP contribution in [0, 0.1) is 4.91 Å². The zero-order valence-corrected chi connectivity index (χ0v) is 3.47. The molecule has 0 aromatic rings. The van der Waals surface area contributed by atoms with Crippen molar-refractivity contribution in [3.05, 3.63) is 4.91 Å². The van der Waals surface area contributed by atoms with Crippen molar-refractivity contribution in [2.45, 2.75) is 6.92 Å². The standard InChI is InChI=1S/C2H5NO2.H2O/c1-2-5-3-4;/h2H2,1H3;1H2. The van der Waals surface area contributed by atoms with Gasteiger partial charge in [-0.3, -0.25) is 0 Å². The number of nitrogens with zero attached hydrogens (tertiary/aromatic N) is 1.